The molecule has 0 amide bonds. The molecule has 0 aliphatic carbocycles. The van der Waals surface area contributed by atoms with Gasteiger partial charge >= 0.3 is 0 Å². The summed E-state index contributed by atoms with van der Waals surface area (Å²) in [6, 6.07) is 9.75. The third-order valence-corrected chi connectivity index (χ3v) is 3.45. The molecule has 1 aromatic carbocycles. The fourth-order valence-corrected chi connectivity index (χ4v) is 2.33. The van der Waals surface area contributed by atoms with Crippen LogP contribution in [-0.4, -0.2) is 14.8 Å². The van der Waals surface area contributed by atoms with Crippen LogP contribution in [0.2, 0.25) is 0 Å². The maximum absolute atomic E-state index is 6.02. The van der Waals surface area contributed by atoms with Gasteiger partial charge in [-0.15, -0.1) is 0 Å². The minimum atomic E-state index is -0.201. The molecule has 2 aromatic heterocycles. The van der Waals surface area contributed by atoms with E-state index >= 15 is 0 Å². The first-order valence-corrected chi connectivity index (χ1v) is 6.29. The van der Waals surface area contributed by atoms with Gasteiger partial charge in [0.15, 0.2) is 0 Å². The molecule has 0 saturated heterocycles. The average molecular weight is 268 g/mol. The smallest absolute Gasteiger partial charge is 0.126 e. The molecule has 3 aromatic rings. The molecule has 20 heavy (non-hydrogen) atoms. The van der Waals surface area contributed by atoms with Gasteiger partial charge < -0.3 is 5.73 Å². The van der Waals surface area contributed by atoms with Gasteiger partial charge in [0.05, 0.1) is 17.8 Å². The minimum Gasteiger partial charge on any atom is -0.384 e. The highest BCUT2D eigenvalue weighted by Gasteiger charge is 2.18. The van der Waals surface area contributed by atoms with Crippen LogP contribution in [0, 0.1) is 0 Å². The van der Waals surface area contributed by atoms with E-state index in [9.17, 15) is 0 Å². The Balaban J connectivity index is 2.09. The molecule has 1 unspecified atom stereocenters. The van der Waals surface area contributed by atoms with Gasteiger partial charge in [-0.05, 0) is 23.8 Å². The summed E-state index contributed by atoms with van der Waals surface area (Å²) in [4.78, 5) is 4.31. The van der Waals surface area contributed by atoms with Gasteiger partial charge in [0, 0.05) is 24.2 Å². The first-order valence-electron chi connectivity index (χ1n) is 6.29. The van der Waals surface area contributed by atoms with Crippen LogP contribution in [0.3, 0.4) is 0 Å². The van der Waals surface area contributed by atoms with Crippen LogP contribution in [0.25, 0.3) is 10.9 Å². The van der Waals surface area contributed by atoms with Crippen molar-refractivity contribution in [3.63, 3.8) is 0 Å². The van der Waals surface area contributed by atoms with E-state index in [1.807, 2.05) is 24.3 Å². The molecule has 0 spiro atoms. The number of rotatable bonds is 3. The van der Waals surface area contributed by atoms with E-state index in [4.69, 9.17) is 11.6 Å². The third kappa shape index (κ3) is 2.01. The molecule has 5 N–H and O–H groups in total. The van der Waals surface area contributed by atoms with Crippen molar-refractivity contribution in [2.24, 2.45) is 12.9 Å². The summed E-state index contributed by atoms with van der Waals surface area (Å²) in [7, 11) is 1.80. The fourth-order valence-electron chi connectivity index (χ4n) is 2.33. The Hall–Kier alpha value is -2.44. The van der Waals surface area contributed by atoms with E-state index in [1.54, 1.807) is 24.1 Å². The van der Waals surface area contributed by atoms with Crippen molar-refractivity contribution < 1.29 is 0 Å². The number of nitrogens with two attached hydrogens (primary N) is 2. The summed E-state index contributed by atoms with van der Waals surface area (Å²) >= 11 is 0. The van der Waals surface area contributed by atoms with Crippen molar-refractivity contribution >= 4 is 16.7 Å². The number of nitrogen functional groups attached to an aromatic ring is 1. The average Bonchev–Trinajstić information content (AvgIpc) is 2.80. The number of anilines is 1. The van der Waals surface area contributed by atoms with Gasteiger partial charge in [-0.25, -0.2) is 5.43 Å². The number of nitrogens with zero attached hydrogens (tertiary/aromatic N) is 3. The Labute approximate surface area is 116 Å². The predicted molar refractivity (Wildman–Crippen MR) is 78.5 cm³/mol. The Morgan fingerprint density at radius 2 is 2.15 bits per heavy atom. The lowest BCUT2D eigenvalue weighted by Crippen LogP contribution is -2.29. The molecule has 6 nitrogen and oxygen atoms in total. The first-order chi connectivity index (χ1) is 9.70. The molecular weight excluding hydrogens is 252 g/mol. The van der Waals surface area contributed by atoms with Gasteiger partial charge in [0.1, 0.15) is 5.82 Å². The number of aromatic nitrogens is 3. The van der Waals surface area contributed by atoms with Crippen LogP contribution >= 0.6 is 0 Å². The van der Waals surface area contributed by atoms with Gasteiger partial charge in [0.25, 0.3) is 0 Å². The minimum absolute atomic E-state index is 0.201. The van der Waals surface area contributed by atoms with Crippen LogP contribution in [0.5, 0.6) is 0 Å². The summed E-state index contributed by atoms with van der Waals surface area (Å²) in [5.74, 6) is 6.30. The molecule has 1 atom stereocenters. The quantitative estimate of drug-likeness (QED) is 0.488. The van der Waals surface area contributed by atoms with Gasteiger partial charge in [0.2, 0.25) is 0 Å². The van der Waals surface area contributed by atoms with Crippen molar-refractivity contribution in [2.45, 2.75) is 6.04 Å². The molecule has 2 heterocycles. The number of hydrazine groups is 1. The normalized spacial score (nSPS) is 12.7. The van der Waals surface area contributed by atoms with E-state index < -0.39 is 0 Å². The second-order valence-electron chi connectivity index (χ2n) is 4.66. The van der Waals surface area contributed by atoms with Crippen LogP contribution in [-0.2, 0) is 7.05 Å². The molecule has 0 fully saturated rings. The van der Waals surface area contributed by atoms with Gasteiger partial charge in [-0.1, -0.05) is 12.1 Å². The maximum atomic E-state index is 6.02. The zero-order valence-electron chi connectivity index (χ0n) is 11.1. The lowest BCUT2D eigenvalue weighted by Gasteiger charge is -2.16. The van der Waals surface area contributed by atoms with Crippen LogP contribution in [0.15, 0.2) is 42.7 Å². The number of benzene rings is 1. The van der Waals surface area contributed by atoms with Crippen molar-refractivity contribution in [1.29, 1.82) is 0 Å². The highest BCUT2D eigenvalue weighted by molar-refractivity contribution is 5.79. The molecule has 0 aliphatic rings. The summed E-state index contributed by atoms with van der Waals surface area (Å²) in [6.07, 6.45) is 3.51. The first kappa shape index (κ1) is 12.6. The summed E-state index contributed by atoms with van der Waals surface area (Å²) in [5.41, 5.74) is 11.7. The SMILES string of the molecule is Cn1ncc(C(NN)c2ccc3ncccc3c2)c1N. The lowest BCUT2D eigenvalue weighted by molar-refractivity contribution is 0.638. The lowest BCUT2D eigenvalue weighted by atomic mass is 9.99. The van der Waals surface area contributed by atoms with Crippen LogP contribution < -0.4 is 17.0 Å². The highest BCUT2D eigenvalue weighted by Crippen LogP contribution is 2.27. The Bertz CT molecular complexity index is 748. The maximum Gasteiger partial charge on any atom is 0.126 e. The Morgan fingerprint density at radius 1 is 1.30 bits per heavy atom. The van der Waals surface area contributed by atoms with Crippen LogP contribution in [0.4, 0.5) is 5.82 Å². The van der Waals surface area contributed by atoms with E-state index in [-0.39, 0.29) is 6.04 Å². The van der Waals surface area contributed by atoms with Crippen molar-refractivity contribution in [3.8, 4) is 0 Å². The summed E-state index contributed by atoms with van der Waals surface area (Å²) < 4.78 is 1.63. The van der Waals surface area contributed by atoms with Crippen molar-refractivity contribution in [2.75, 3.05) is 5.73 Å². The molecule has 0 aliphatic heterocycles. The second-order valence-corrected chi connectivity index (χ2v) is 4.66. The molecule has 0 radical (unpaired) electrons. The van der Waals surface area contributed by atoms with Crippen molar-refractivity contribution in [1.82, 2.24) is 20.2 Å². The predicted octanol–water partition coefficient (Wildman–Crippen LogP) is 1.10. The van der Waals surface area contributed by atoms with Gasteiger partial charge in [-0.2, -0.15) is 5.10 Å². The van der Waals surface area contributed by atoms with Gasteiger partial charge in [-0.3, -0.25) is 15.5 Å². The Kier molecular flexibility index (Phi) is 3.09. The monoisotopic (exact) mass is 268 g/mol. The molecule has 6 heteroatoms. The highest BCUT2D eigenvalue weighted by atomic mass is 15.3. The zero-order chi connectivity index (χ0) is 14.1. The zero-order valence-corrected chi connectivity index (χ0v) is 11.1. The topological polar surface area (TPSA) is 94.8 Å². The third-order valence-electron chi connectivity index (χ3n) is 3.45. The number of hydrogen-bond donors (Lipinski definition) is 3. The number of hydrogen-bond acceptors (Lipinski definition) is 5. The van der Waals surface area contributed by atoms with E-state index in [0.29, 0.717) is 5.82 Å². The van der Waals surface area contributed by atoms with Crippen molar-refractivity contribution in [3.05, 3.63) is 53.9 Å². The molecule has 3 rings (SSSR count). The molecule has 0 bridgehead atoms. The fraction of sp³-hybridized carbons (Fsp3) is 0.143. The van der Waals surface area contributed by atoms with Crippen LogP contribution in [0.1, 0.15) is 17.2 Å². The standard InChI is InChI=1S/C14H16N6/c1-20-14(15)11(8-18-20)13(19-16)10-4-5-12-9(7-10)3-2-6-17-12/h2-8,13,19H,15-16H2,1H3. The van der Waals surface area contributed by atoms with E-state index in [1.165, 1.54) is 0 Å². The Morgan fingerprint density at radius 3 is 2.85 bits per heavy atom. The largest absolute Gasteiger partial charge is 0.384 e. The summed E-state index contributed by atoms with van der Waals surface area (Å²) in [5, 5.41) is 5.22. The summed E-state index contributed by atoms with van der Waals surface area (Å²) in [6.45, 7) is 0. The number of nitrogens with one attached hydrogen (secondary N) is 1. The van der Waals surface area contributed by atoms with E-state index in [0.717, 1.165) is 22.0 Å². The molecular formula is C14H16N6. The van der Waals surface area contributed by atoms with E-state index in [2.05, 4.69) is 21.6 Å². The molecule has 0 saturated carbocycles. The number of aryl methyl sites for hydroxylation is 1. The second kappa shape index (κ2) is 4.92. The number of fused-ring (bicyclic) bond motifs is 1. The number of pyridine rings is 1. The molecule has 102 valence electrons.